The highest BCUT2D eigenvalue weighted by atomic mass is 35.5. The number of rotatable bonds is 3. The molecule has 1 N–H and O–H groups in total. The second-order valence-corrected chi connectivity index (χ2v) is 7.11. The van der Waals surface area contributed by atoms with Crippen LogP contribution in [0.2, 0.25) is 15.1 Å². The van der Waals surface area contributed by atoms with E-state index in [9.17, 15) is 9.90 Å². The van der Waals surface area contributed by atoms with Gasteiger partial charge in [-0.2, -0.15) is 5.10 Å². The van der Waals surface area contributed by atoms with Crippen LogP contribution in [0.15, 0.2) is 54.6 Å². The summed E-state index contributed by atoms with van der Waals surface area (Å²) >= 11 is 18.4. The lowest BCUT2D eigenvalue weighted by Crippen LogP contribution is -2.01. The van der Waals surface area contributed by atoms with Crippen LogP contribution in [0.5, 0.6) is 0 Å². The summed E-state index contributed by atoms with van der Waals surface area (Å²) in [5, 5.41) is 14.9. The van der Waals surface area contributed by atoms with Crippen molar-refractivity contribution in [2.24, 2.45) is 0 Å². The Morgan fingerprint density at radius 3 is 2.26 bits per heavy atom. The van der Waals surface area contributed by atoms with Gasteiger partial charge >= 0.3 is 5.97 Å². The molecule has 0 spiro atoms. The maximum atomic E-state index is 11.4. The number of benzene rings is 2. The zero-order valence-electron chi connectivity index (χ0n) is 13.5. The highest BCUT2D eigenvalue weighted by Crippen LogP contribution is 2.31. The van der Waals surface area contributed by atoms with Crippen LogP contribution in [0, 0.1) is 0 Å². The van der Waals surface area contributed by atoms with Crippen molar-refractivity contribution in [1.29, 1.82) is 0 Å². The Kier molecular flexibility index (Phi) is 4.52. The van der Waals surface area contributed by atoms with E-state index in [1.807, 2.05) is 12.1 Å². The molecule has 0 saturated carbocycles. The summed E-state index contributed by atoms with van der Waals surface area (Å²) in [4.78, 5) is 15.9. The third kappa shape index (κ3) is 3.49. The minimum absolute atomic E-state index is 0.111. The second kappa shape index (κ2) is 6.85. The van der Waals surface area contributed by atoms with Gasteiger partial charge in [0.05, 0.1) is 11.4 Å². The maximum absolute atomic E-state index is 11.4. The predicted molar refractivity (Wildman–Crippen MR) is 106 cm³/mol. The summed E-state index contributed by atoms with van der Waals surface area (Å²) in [5.74, 6) is -1.14. The first-order valence-electron chi connectivity index (χ1n) is 7.77. The Morgan fingerprint density at radius 2 is 1.59 bits per heavy atom. The first kappa shape index (κ1) is 17.8. The molecule has 2 aromatic heterocycles. The van der Waals surface area contributed by atoms with Crippen molar-refractivity contribution < 1.29 is 9.90 Å². The monoisotopic (exact) mass is 417 g/mol. The van der Waals surface area contributed by atoms with E-state index in [0.717, 1.165) is 5.56 Å². The Labute approximate surface area is 168 Å². The first-order chi connectivity index (χ1) is 12.9. The quantitative estimate of drug-likeness (QED) is 0.462. The zero-order chi connectivity index (χ0) is 19.1. The van der Waals surface area contributed by atoms with Gasteiger partial charge in [-0.1, -0.05) is 46.9 Å². The van der Waals surface area contributed by atoms with E-state index < -0.39 is 5.97 Å². The highest BCUT2D eigenvalue weighted by Gasteiger charge is 2.16. The molecule has 0 aliphatic rings. The number of carboxylic acids is 1. The van der Waals surface area contributed by atoms with Gasteiger partial charge in [-0.05, 0) is 36.4 Å². The molecule has 0 unspecified atom stereocenters. The van der Waals surface area contributed by atoms with E-state index in [-0.39, 0.29) is 5.69 Å². The Morgan fingerprint density at radius 1 is 0.889 bits per heavy atom. The molecule has 134 valence electrons. The lowest BCUT2D eigenvalue weighted by Gasteiger charge is -2.10. The van der Waals surface area contributed by atoms with Crippen LogP contribution < -0.4 is 0 Å². The second-order valence-electron chi connectivity index (χ2n) is 5.80. The van der Waals surface area contributed by atoms with Gasteiger partial charge in [0, 0.05) is 32.3 Å². The largest absolute Gasteiger partial charge is 0.476 e. The van der Waals surface area contributed by atoms with Crippen LogP contribution in [0.3, 0.4) is 0 Å². The molecule has 27 heavy (non-hydrogen) atoms. The maximum Gasteiger partial charge on any atom is 0.356 e. The molecule has 4 rings (SSSR count). The number of carbonyl (C=O) groups is 1. The van der Waals surface area contributed by atoms with Crippen molar-refractivity contribution in [2.75, 3.05) is 0 Å². The van der Waals surface area contributed by atoms with E-state index >= 15 is 0 Å². The third-order valence-corrected chi connectivity index (χ3v) is 4.60. The van der Waals surface area contributed by atoms with Crippen molar-refractivity contribution in [2.45, 2.75) is 0 Å². The molecular weight excluding hydrogens is 409 g/mol. The minimum atomic E-state index is -1.14. The number of carboxylic acid groups (broad SMARTS) is 1. The standard InChI is InChI=1S/C19H10Cl3N3O2/c20-12-3-1-2-10(4-12)15-8-17(11-5-13(21)7-14(22)6-11)25-18(23-15)9-16(24-25)19(26)27/h1-9H,(H,26,27). The van der Waals surface area contributed by atoms with Crippen molar-refractivity contribution in [1.82, 2.24) is 14.6 Å². The van der Waals surface area contributed by atoms with Crippen LogP contribution in [0.4, 0.5) is 0 Å². The van der Waals surface area contributed by atoms with Gasteiger partial charge in [0.25, 0.3) is 0 Å². The number of hydrogen-bond acceptors (Lipinski definition) is 3. The van der Waals surface area contributed by atoms with Gasteiger partial charge in [0.15, 0.2) is 11.3 Å². The van der Waals surface area contributed by atoms with Crippen LogP contribution in [-0.2, 0) is 0 Å². The SMILES string of the molecule is O=C(O)c1cc2nc(-c3cccc(Cl)c3)cc(-c3cc(Cl)cc(Cl)c3)n2n1. The van der Waals surface area contributed by atoms with Gasteiger partial charge in [-0.25, -0.2) is 14.3 Å². The Balaban J connectivity index is 2.03. The van der Waals surface area contributed by atoms with Gasteiger partial charge in [-0.15, -0.1) is 0 Å². The van der Waals surface area contributed by atoms with E-state index in [0.29, 0.717) is 37.7 Å². The molecule has 0 fully saturated rings. The summed E-state index contributed by atoms with van der Waals surface area (Å²) in [6, 6.07) is 15.5. The van der Waals surface area contributed by atoms with Crippen LogP contribution in [0.25, 0.3) is 28.2 Å². The molecule has 2 heterocycles. The van der Waals surface area contributed by atoms with Crippen LogP contribution in [-0.4, -0.2) is 25.7 Å². The Bertz CT molecular complexity index is 1180. The zero-order valence-corrected chi connectivity index (χ0v) is 15.8. The summed E-state index contributed by atoms with van der Waals surface area (Å²) in [6.07, 6.45) is 0. The van der Waals surface area contributed by atoms with E-state index in [4.69, 9.17) is 34.8 Å². The van der Waals surface area contributed by atoms with Gasteiger partial charge in [0.1, 0.15) is 0 Å². The van der Waals surface area contributed by atoms with Gasteiger partial charge in [0.2, 0.25) is 0 Å². The molecule has 5 nitrogen and oxygen atoms in total. The van der Waals surface area contributed by atoms with Crippen molar-refractivity contribution in [3.05, 3.63) is 75.4 Å². The van der Waals surface area contributed by atoms with Crippen molar-refractivity contribution >= 4 is 46.4 Å². The van der Waals surface area contributed by atoms with Crippen LogP contribution >= 0.6 is 34.8 Å². The number of aromatic carboxylic acids is 1. The van der Waals surface area contributed by atoms with E-state index in [2.05, 4.69) is 10.1 Å². The molecule has 0 bridgehead atoms. The van der Waals surface area contributed by atoms with Crippen LogP contribution in [0.1, 0.15) is 10.5 Å². The summed E-state index contributed by atoms with van der Waals surface area (Å²) in [5.41, 5.74) is 2.97. The average Bonchev–Trinajstić information content (AvgIpc) is 3.04. The molecule has 0 aliphatic heterocycles. The molecule has 2 aromatic carbocycles. The lowest BCUT2D eigenvalue weighted by molar-refractivity contribution is 0.0690. The minimum Gasteiger partial charge on any atom is -0.476 e. The van der Waals surface area contributed by atoms with Gasteiger partial charge in [-0.3, -0.25) is 0 Å². The molecule has 0 amide bonds. The summed E-state index contributed by atoms with van der Waals surface area (Å²) in [7, 11) is 0. The molecule has 0 radical (unpaired) electrons. The molecule has 8 heteroatoms. The normalized spacial score (nSPS) is 11.1. The van der Waals surface area contributed by atoms with Gasteiger partial charge < -0.3 is 5.11 Å². The molecule has 0 atom stereocenters. The number of nitrogens with zero attached hydrogens (tertiary/aromatic N) is 3. The predicted octanol–water partition coefficient (Wildman–Crippen LogP) is 5.72. The van der Waals surface area contributed by atoms with Crippen molar-refractivity contribution in [3.63, 3.8) is 0 Å². The molecular formula is C19H10Cl3N3O2. The van der Waals surface area contributed by atoms with Crippen molar-refractivity contribution in [3.8, 4) is 22.5 Å². The topological polar surface area (TPSA) is 67.5 Å². The number of fused-ring (bicyclic) bond motifs is 1. The smallest absolute Gasteiger partial charge is 0.356 e. The van der Waals surface area contributed by atoms with E-state index in [1.165, 1.54) is 10.6 Å². The highest BCUT2D eigenvalue weighted by molar-refractivity contribution is 6.35. The third-order valence-electron chi connectivity index (χ3n) is 3.93. The number of aromatic nitrogens is 3. The fraction of sp³-hybridized carbons (Fsp3) is 0. The fourth-order valence-electron chi connectivity index (χ4n) is 2.78. The molecule has 0 aliphatic carbocycles. The Hall–Kier alpha value is -2.60. The lowest BCUT2D eigenvalue weighted by atomic mass is 10.1. The summed E-state index contributed by atoms with van der Waals surface area (Å²) in [6.45, 7) is 0. The molecule has 0 saturated heterocycles. The van der Waals surface area contributed by atoms with E-state index in [1.54, 1.807) is 36.4 Å². The number of halogens is 3. The fourth-order valence-corrected chi connectivity index (χ4v) is 3.50. The average molecular weight is 419 g/mol. The molecule has 4 aromatic rings. The number of hydrogen-bond donors (Lipinski definition) is 1. The summed E-state index contributed by atoms with van der Waals surface area (Å²) < 4.78 is 1.46. The first-order valence-corrected chi connectivity index (χ1v) is 8.90.